The van der Waals surface area contributed by atoms with Crippen LogP contribution in [-0.4, -0.2) is 52.0 Å². The van der Waals surface area contributed by atoms with E-state index in [4.69, 9.17) is 0 Å². The van der Waals surface area contributed by atoms with Crippen molar-refractivity contribution >= 4 is 34.8 Å². The molecule has 2 N–H and O–H groups in total. The van der Waals surface area contributed by atoms with Gasteiger partial charge in [0.1, 0.15) is 0 Å². The summed E-state index contributed by atoms with van der Waals surface area (Å²) in [5, 5.41) is 22.3. The van der Waals surface area contributed by atoms with Crippen molar-refractivity contribution in [1.82, 2.24) is 4.90 Å². The molecule has 0 spiro atoms. The third-order valence-electron chi connectivity index (χ3n) is 9.57. The maximum atomic E-state index is 14.2. The van der Waals surface area contributed by atoms with Gasteiger partial charge in [-0.25, -0.2) is 0 Å². The van der Waals surface area contributed by atoms with Gasteiger partial charge < -0.3 is 20.0 Å². The van der Waals surface area contributed by atoms with Crippen LogP contribution >= 0.6 is 0 Å². The minimum absolute atomic E-state index is 0.0513. The van der Waals surface area contributed by atoms with Crippen LogP contribution in [-0.2, 0) is 33.0 Å². The molecule has 3 aromatic rings. The van der Waals surface area contributed by atoms with Crippen LogP contribution in [0.25, 0.3) is 0 Å². The number of nitrogens with zero attached hydrogens (tertiary/aromatic N) is 3. The van der Waals surface area contributed by atoms with Crippen molar-refractivity contribution in [2.24, 2.45) is 5.92 Å². The zero-order chi connectivity index (χ0) is 31.6. The zero-order valence-electron chi connectivity index (χ0n) is 25.8. The van der Waals surface area contributed by atoms with Gasteiger partial charge in [-0.1, -0.05) is 74.4 Å². The summed E-state index contributed by atoms with van der Waals surface area (Å²) in [6.45, 7) is 2.68. The van der Waals surface area contributed by atoms with E-state index in [1.165, 1.54) is 0 Å². The Hall–Kier alpha value is -4.27. The minimum Gasteiger partial charge on any atom is -0.394 e. The summed E-state index contributed by atoms with van der Waals surface area (Å²) in [6.07, 6.45) is 8.44. The number of carbonyl (C=O) groups excluding carboxylic acids is 3. The molecular formula is C37H41N3O5. The second-order valence-electron chi connectivity index (χ2n) is 12.4. The highest BCUT2D eigenvalue weighted by Gasteiger charge is 2.53. The average molecular weight is 608 g/mol. The number of fused-ring (bicyclic) bond motifs is 2. The smallest absolute Gasteiger partial charge is 0.268 e. The predicted molar refractivity (Wildman–Crippen MR) is 174 cm³/mol. The molecule has 3 heterocycles. The minimum atomic E-state index is -1.91. The molecule has 0 radical (unpaired) electrons. The largest absolute Gasteiger partial charge is 0.394 e. The normalized spacial score (nSPS) is 22.6. The molecule has 3 atom stereocenters. The molecule has 1 fully saturated rings. The van der Waals surface area contributed by atoms with Gasteiger partial charge in [-0.3, -0.25) is 19.3 Å². The number of aliphatic hydroxyl groups is 2. The molecule has 6 rings (SSSR count). The lowest BCUT2D eigenvalue weighted by Crippen LogP contribution is -2.46. The Bertz CT molecular complexity index is 1600. The molecule has 8 heteroatoms. The summed E-state index contributed by atoms with van der Waals surface area (Å²) >= 11 is 0. The topological polar surface area (TPSA) is 101 Å². The molecule has 0 aliphatic carbocycles. The highest BCUT2D eigenvalue weighted by molar-refractivity contribution is 6.12. The first kappa shape index (κ1) is 30.7. The van der Waals surface area contributed by atoms with Crippen LogP contribution in [0.2, 0.25) is 0 Å². The van der Waals surface area contributed by atoms with Crippen LogP contribution < -0.4 is 9.80 Å². The summed E-state index contributed by atoms with van der Waals surface area (Å²) in [7, 11) is 0. The van der Waals surface area contributed by atoms with Gasteiger partial charge in [0.25, 0.3) is 5.91 Å². The van der Waals surface area contributed by atoms with Crippen molar-refractivity contribution in [1.29, 1.82) is 0 Å². The number of para-hydroxylation sites is 1. The molecule has 0 saturated carbocycles. The monoisotopic (exact) mass is 607 g/mol. The Morgan fingerprint density at radius 3 is 2.47 bits per heavy atom. The second kappa shape index (κ2) is 13.0. The van der Waals surface area contributed by atoms with E-state index in [2.05, 4.69) is 0 Å². The third-order valence-corrected chi connectivity index (χ3v) is 9.57. The van der Waals surface area contributed by atoms with Gasteiger partial charge in [0.2, 0.25) is 11.8 Å². The Morgan fingerprint density at radius 2 is 1.69 bits per heavy atom. The molecule has 45 heavy (non-hydrogen) atoms. The van der Waals surface area contributed by atoms with Crippen LogP contribution in [0.3, 0.4) is 0 Å². The van der Waals surface area contributed by atoms with Crippen molar-refractivity contribution in [2.75, 3.05) is 23.0 Å². The fourth-order valence-electron chi connectivity index (χ4n) is 6.97. The van der Waals surface area contributed by atoms with Gasteiger partial charge in [0.05, 0.1) is 18.3 Å². The van der Waals surface area contributed by atoms with E-state index in [0.29, 0.717) is 48.6 Å². The highest BCUT2D eigenvalue weighted by Crippen LogP contribution is 2.49. The lowest BCUT2D eigenvalue weighted by molar-refractivity contribution is -0.138. The lowest BCUT2D eigenvalue weighted by atomic mass is 9.82. The number of anilines is 3. The average Bonchev–Trinajstić information content (AvgIpc) is 3.28. The van der Waals surface area contributed by atoms with Gasteiger partial charge in [-0.05, 0) is 60.7 Å². The van der Waals surface area contributed by atoms with Gasteiger partial charge in [0.15, 0.2) is 5.60 Å². The molecule has 3 aromatic carbocycles. The summed E-state index contributed by atoms with van der Waals surface area (Å²) < 4.78 is 0. The number of hydrogen-bond donors (Lipinski definition) is 2. The number of amides is 3. The van der Waals surface area contributed by atoms with Crippen LogP contribution in [0.1, 0.15) is 62.1 Å². The molecule has 3 amide bonds. The van der Waals surface area contributed by atoms with E-state index in [0.717, 1.165) is 36.8 Å². The van der Waals surface area contributed by atoms with Crippen LogP contribution in [0.5, 0.6) is 0 Å². The molecule has 0 bridgehead atoms. The van der Waals surface area contributed by atoms with E-state index in [1.54, 1.807) is 39.8 Å². The van der Waals surface area contributed by atoms with Crippen molar-refractivity contribution in [3.05, 3.63) is 102 Å². The fourth-order valence-corrected chi connectivity index (χ4v) is 6.97. The first-order valence-corrected chi connectivity index (χ1v) is 16.0. The van der Waals surface area contributed by atoms with Gasteiger partial charge in [0, 0.05) is 48.8 Å². The predicted octanol–water partition coefficient (Wildman–Crippen LogP) is 5.38. The van der Waals surface area contributed by atoms with Crippen molar-refractivity contribution in [2.45, 2.75) is 70.1 Å². The molecule has 3 aliphatic rings. The number of rotatable bonds is 7. The van der Waals surface area contributed by atoms with E-state index >= 15 is 0 Å². The van der Waals surface area contributed by atoms with Gasteiger partial charge in [-0.2, -0.15) is 0 Å². The van der Waals surface area contributed by atoms with E-state index in [1.807, 2.05) is 66.7 Å². The van der Waals surface area contributed by atoms with Crippen LogP contribution in [0, 0.1) is 5.92 Å². The first-order chi connectivity index (χ1) is 21.8. The molecule has 1 saturated heterocycles. The van der Waals surface area contributed by atoms with Gasteiger partial charge in [-0.15, -0.1) is 0 Å². The van der Waals surface area contributed by atoms with Crippen molar-refractivity contribution in [3.8, 4) is 0 Å². The molecule has 0 unspecified atom stereocenters. The summed E-state index contributed by atoms with van der Waals surface area (Å²) in [5.41, 5.74) is 2.64. The number of benzene rings is 3. The molecule has 0 aromatic heterocycles. The molecule has 8 nitrogen and oxygen atoms in total. The summed E-state index contributed by atoms with van der Waals surface area (Å²) in [4.78, 5) is 45.7. The van der Waals surface area contributed by atoms with Gasteiger partial charge >= 0.3 is 0 Å². The SMILES string of the molecule is C[C@H](/C=C/CC(=O)N1Cc2ccccc2C[C@H]1CO)[C@@]1(O)C(=O)N(c2ccccc2)c2ccc(N3CCCCCCC3=O)cc21. The number of carbonyl (C=O) groups is 3. The van der Waals surface area contributed by atoms with E-state index < -0.39 is 17.4 Å². The summed E-state index contributed by atoms with van der Waals surface area (Å²) in [6, 6.07) is 22.4. The standard InChI is InChI=1S/C37H41N3O5/c1-26(12-11-18-35(43)39-24-28-14-9-8-13-27(28)22-31(39)25-41)37(45)32-23-30(38-21-10-3-2-7-17-34(38)42)19-20-33(32)40(36(37)44)29-15-5-4-6-16-29/h4-6,8-9,11-16,19-20,23,26,31,41,45H,2-3,7,10,17-18,21-22,24-25H2,1H3/b12-11+/t26-,31+,37+/m1/s1. The Morgan fingerprint density at radius 1 is 0.956 bits per heavy atom. The lowest BCUT2D eigenvalue weighted by Gasteiger charge is -2.36. The second-order valence-corrected chi connectivity index (χ2v) is 12.4. The zero-order valence-corrected chi connectivity index (χ0v) is 25.8. The fraction of sp³-hybridized carbons (Fsp3) is 0.378. The quantitative estimate of drug-likeness (QED) is 0.352. The molecule has 234 valence electrons. The van der Waals surface area contributed by atoms with Crippen molar-refractivity contribution in [3.63, 3.8) is 0 Å². The van der Waals surface area contributed by atoms with Crippen molar-refractivity contribution < 1.29 is 24.6 Å². The highest BCUT2D eigenvalue weighted by atomic mass is 16.3. The Balaban J connectivity index is 1.28. The van der Waals surface area contributed by atoms with E-state index in [9.17, 15) is 24.6 Å². The van der Waals surface area contributed by atoms with Crippen LogP contribution in [0.15, 0.2) is 84.9 Å². The number of aliphatic hydroxyl groups excluding tert-OH is 1. The van der Waals surface area contributed by atoms with E-state index in [-0.39, 0.29) is 30.9 Å². The Labute approximate surface area is 264 Å². The summed E-state index contributed by atoms with van der Waals surface area (Å²) in [5.74, 6) is -1.23. The third kappa shape index (κ3) is 5.80. The number of hydrogen-bond acceptors (Lipinski definition) is 5. The molecule has 3 aliphatic heterocycles. The first-order valence-electron chi connectivity index (χ1n) is 16.0. The molecular weight excluding hydrogens is 566 g/mol. The maximum Gasteiger partial charge on any atom is 0.268 e. The maximum absolute atomic E-state index is 14.2. The van der Waals surface area contributed by atoms with Crippen LogP contribution in [0.4, 0.5) is 17.1 Å². The Kier molecular flexibility index (Phi) is 8.88.